The summed E-state index contributed by atoms with van der Waals surface area (Å²) < 4.78 is 26.3. The number of H-pyrrole nitrogens is 1. The molecule has 0 unspecified atom stereocenters. The number of sulfonamides is 1. The van der Waals surface area contributed by atoms with Gasteiger partial charge >= 0.3 is 0 Å². The van der Waals surface area contributed by atoms with E-state index in [1.54, 1.807) is 6.20 Å². The SMILES string of the molecule is O=C(Cc1c[nH]c2ccccc12)NS(=O)(=O)c1cncc(Cl)c1. The number of aromatic amines is 1. The summed E-state index contributed by atoms with van der Waals surface area (Å²) in [7, 11) is -4.00. The van der Waals surface area contributed by atoms with Crippen LogP contribution in [0.5, 0.6) is 0 Å². The fourth-order valence-electron chi connectivity index (χ4n) is 2.24. The number of pyridine rings is 1. The molecule has 0 aliphatic carbocycles. The summed E-state index contributed by atoms with van der Waals surface area (Å²) in [6.45, 7) is 0. The van der Waals surface area contributed by atoms with Gasteiger partial charge in [0.25, 0.3) is 10.0 Å². The minimum atomic E-state index is -4.00. The molecule has 0 saturated heterocycles. The maximum Gasteiger partial charge on any atom is 0.265 e. The molecule has 6 nitrogen and oxygen atoms in total. The number of carbonyl (C=O) groups excluding carboxylic acids is 1. The molecule has 1 amide bonds. The molecule has 8 heteroatoms. The van der Waals surface area contributed by atoms with Crippen LogP contribution in [0, 0.1) is 0 Å². The minimum Gasteiger partial charge on any atom is -0.361 e. The lowest BCUT2D eigenvalue weighted by molar-refractivity contribution is -0.118. The highest BCUT2D eigenvalue weighted by Crippen LogP contribution is 2.18. The van der Waals surface area contributed by atoms with E-state index in [1.807, 2.05) is 29.0 Å². The zero-order chi connectivity index (χ0) is 16.4. The maximum absolute atomic E-state index is 12.1. The summed E-state index contributed by atoms with van der Waals surface area (Å²) in [5.41, 5.74) is 1.61. The third-order valence-electron chi connectivity index (χ3n) is 3.26. The van der Waals surface area contributed by atoms with Crippen LogP contribution in [-0.4, -0.2) is 24.3 Å². The molecular formula is C15H12ClN3O3S. The van der Waals surface area contributed by atoms with Gasteiger partial charge in [0.15, 0.2) is 0 Å². The van der Waals surface area contributed by atoms with Gasteiger partial charge < -0.3 is 4.98 Å². The Morgan fingerprint density at radius 2 is 2.04 bits per heavy atom. The number of aromatic nitrogens is 2. The summed E-state index contributed by atoms with van der Waals surface area (Å²) in [4.78, 5) is 18.7. The van der Waals surface area contributed by atoms with Crippen molar-refractivity contribution in [2.75, 3.05) is 0 Å². The van der Waals surface area contributed by atoms with Gasteiger partial charge in [0, 0.05) is 29.5 Å². The predicted molar refractivity (Wildman–Crippen MR) is 86.6 cm³/mol. The van der Waals surface area contributed by atoms with Crippen LogP contribution in [0.25, 0.3) is 10.9 Å². The summed E-state index contributed by atoms with van der Waals surface area (Å²) in [6, 6.07) is 8.70. The molecule has 0 atom stereocenters. The largest absolute Gasteiger partial charge is 0.361 e. The molecule has 118 valence electrons. The van der Waals surface area contributed by atoms with Gasteiger partial charge in [-0.05, 0) is 17.7 Å². The van der Waals surface area contributed by atoms with Crippen LogP contribution in [0.3, 0.4) is 0 Å². The first-order valence-corrected chi connectivity index (χ1v) is 8.53. The van der Waals surface area contributed by atoms with E-state index in [4.69, 9.17) is 11.6 Å². The van der Waals surface area contributed by atoms with E-state index in [-0.39, 0.29) is 16.3 Å². The van der Waals surface area contributed by atoms with Crippen LogP contribution in [0.15, 0.2) is 53.8 Å². The Hall–Kier alpha value is -2.38. The first-order valence-electron chi connectivity index (χ1n) is 6.67. The predicted octanol–water partition coefficient (Wildman–Crippen LogP) is 2.26. The average molecular weight is 350 g/mol. The first kappa shape index (κ1) is 15.5. The molecule has 1 aromatic carbocycles. The third kappa shape index (κ3) is 3.35. The number of para-hydroxylation sites is 1. The number of hydrogen-bond donors (Lipinski definition) is 2. The lowest BCUT2D eigenvalue weighted by Gasteiger charge is -2.06. The molecule has 0 radical (unpaired) electrons. The second-order valence-electron chi connectivity index (χ2n) is 4.90. The molecule has 3 aromatic rings. The van der Waals surface area contributed by atoms with Crippen molar-refractivity contribution in [3.8, 4) is 0 Å². The molecule has 0 aliphatic rings. The average Bonchev–Trinajstić information content (AvgIpc) is 2.90. The fraction of sp³-hybridized carbons (Fsp3) is 0.0667. The van der Waals surface area contributed by atoms with E-state index in [9.17, 15) is 13.2 Å². The number of nitrogens with zero attached hydrogens (tertiary/aromatic N) is 1. The molecule has 0 bridgehead atoms. The Morgan fingerprint density at radius 1 is 1.26 bits per heavy atom. The van der Waals surface area contributed by atoms with Gasteiger partial charge in [0.2, 0.25) is 5.91 Å². The third-order valence-corrected chi connectivity index (χ3v) is 4.81. The van der Waals surface area contributed by atoms with E-state index in [0.29, 0.717) is 0 Å². The van der Waals surface area contributed by atoms with Gasteiger partial charge in [-0.2, -0.15) is 0 Å². The van der Waals surface area contributed by atoms with Crippen molar-refractivity contribution in [3.63, 3.8) is 0 Å². The summed E-state index contributed by atoms with van der Waals surface area (Å²) >= 11 is 5.72. The van der Waals surface area contributed by atoms with Crippen LogP contribution >= 0.6 is 11.6 Å². The Labute approximate surface area is 137 Å². The number of rotatable bonds is 4. The standard InChI is InChI=1S/C15H12ClN3O3S/c16-11-6-12(9-17-8-11)23(21,22)19-15(20)5-10-7-18-14-4-2-1-3-13(10)14/h1-4,6-9,18H,5H2,(H,19,20). The summed E-state index contributed by atoms with van der Waals surface area (Å²) in [5.74, 6) is -0.630. The van der Waals surface area contributed by atoms with E-state index in [1.165, 1.54) is 12.3 Å². The van der Waals surface area contributed by atoms with E-state index < -0.39 is 15.9 Å². The molecule has 2 N–H and O–H groups in total. The first-order chi connectivity index (χ1) is 11.0. The van der Waals surface area contributed by atoms with Crippen LogP contribution in [0.2, 0.25) is 5.02 Å². The number of carbonyl (C=O) groups is 1. The number of benzene rings is 1. The van der Waals surface area contributed by atoms with Crippen molar-refractivity contribution >= 4 is 38.4 Å². The van der Waals surface area contributed by atoms with E-state index in [0.717, 1.165) is 22.7 Å². The topological polar surface area (TPSA) is 91.9 Å². The van der Waals surface area contributed by atoms with Gasteiger partial charge in [-0.1, -0.05) is 29.8 Å². The lowest BCUT2D eigenvalue weighted by Crippen LogP contribution is -2.31. The van der Waals surface area contributed by atoms with Gasteiger partial charge in [0.1, 0.15) is 4.90 Å². The van der Waals surface area contributed by atoms with Crippen molar-refractivity contribution in [1.82, 2.24) is 14.7 Å². The van der Waals surface area contributed by atoms with Gasteiger partial charge in [-0.15, -0.1) is 0 Å². The van der Waals surface area contributed by atoms with Crippen molar-refractivity contribution in [2.45, 2.75) is 11.3 Å². The van der Waals surface area contributed by atoms with Crippen molar-refractivity contribution in [2.24, 2.45) is 0 Å². The monoisotopic (exact) mass is 349 g/mol. The van der Waals surface area contributed by atoms with Crippen molar-refractivity contribution in [1.29, 1.82) is 0 Å². The summed E-state index contributed by atoms with van der Waals surface area (Å²) in [6.07, 6.45) is 4.08. The number of amides is 1. The normalized spacial score (nSPS) is 11.5. The van der Waals surface area contributed by atoms with Crippen LogP contribution in [-0.2, 0) is 21.2 Å². The Bertz CT molecular complexity index is 982. The quantitative estimate of drug-likeness (QED) is 0.755. The smallest absolute Gasteiger partial charge is 0.265 e. The Morgan fingerprint density at radius 3 is 2.83 bits per heavy atom. The molecule has 0 fully saturated rings. The van der Waals surface area contributed by atoms with Crippen molar-refractivity contribution < 1.29 is 13.2 Å². The number of hydrogen-bond acceptors (Lipinski definition) is 4. The number of fused-ring (bicyclic) bond motifs is 1. The van der Waals surface area contributed by atoms with E-state index >= 15 is 0 Å². The van der Waals surface area contributed by atoms with Crippen LogP contribution in [0.1, 0.15) is 5.56 Å². The maximum atomic E-state index is 12.1. The molecule has 2 aromatic heterocycles. The van der Waals surface area contributed by atoms with Gasteiger partial charge in [0.05, 0.1) is 11.4 Å². The molecule has 3 rings (SSSR count). The molecular weight excluding hydrogens is 338 g/mol. The van der Waals surface area contributed by atoms with Crippen LogP contribution in [0.4, 0.5) is 0 Å². The summed E-state index contributed by atoms with van der Waals surface area (Å²) in [5, 5.41) is 1.06. The highest BCUT2D eigenvalue weighted by molar-refractivity contribution is 7.90. The fourth-order valence-corrected chi connectivity index (χ4v) is 3.45. The zero-order valence-corrected chi connectivity index (χ0v) is 13.4. The Kier molecular flexibility index (Phi) is 4.06. The number of nitrogens with one attached hydrogen (secondary N) is 2. The minimum absolute atomic E-state index is 0.0583. The van der Waals surface area contributed by atoms with Crippen LogP contribution < -0.4 is 4.72 Å². The molecule has 0 saturated carbocycles. The van der Waals surface area contributed by atoms with Gasteiger partial charge in [-0.3, -0.25) is 9.78 Å². The zero-order valence-electron chi connectivity index (χ0n) is 11.8. The Balaban J connectivity index is 1.79. The molecule has 23 heavy (non-hydrogen) atoms. The molecule has 0 aliphatic heterocycles. The van der Waals surface area contributed by atoms with E-state index in [2.05, 4.69) is 9.97 Å². The second-order valence-corrected chi connectivity index (χ2v) is 7.02. The van der Waals surface area contributed by atoms with Gasteiger partial charge in [-0.25, -0.2) is 13.1 Å². The number of halogens is 1. The lowest BCUT2D eigenvalue weighted by atomic mass is 10.1. The second kappa shape index (κ2) is 6.02. The molecule has 0 spiro atoms. The van der Waals surface area contributed by atoms with Crippen molar-refractivity contribution in [3.05, 3.63) is 59.5 Å². The highest BCUT2D eigenvalue weighted by atomic mass is 35.5. The highest BCUT2D eigenvalue weighted by Gasteiger charge is 2.19. The molecule has 2 heterocycles.